The van der Waals surface area contributed by atoms with E-state index in [0.29, 0.717) is 19.0 Å². The number of carbonyl (C=O) groups excluding carboxylic acids is 1. The van der Waals surface area contributed by atoms with E-state index in [4.69, 9.17) is 10.5 Å². The largest absolute Gasteiger partial charge is 0.481 e. The first-order valence-corrected chi connectivity index (χ1v) is 6.88. The quantitative estimate of drug-likeness (QED) is 0.791. The molecule has 2 unspecified atom stereocenters. The second-order valence-electron chi connectivity index (χ2n) is 4.99. The molecule has 114 valence electrons. The minimum atomic E-state index is -0.885. The number of hydrogen-bond acceptors (Lipinski definition) is 5. The zero-order valence-corrected chi connectivity index (χ0v) is 11.9. The second kappa shape index (κ2) is 6.53. The van der Waals surface area contributed by atoms with Crippen LogP contribution in [0.2, 0.25) is 0 Å². The van der Waals surface area contributed by atoms with E-state index < -0.39 is 17.8 Å². The highest BCUT2D eigenvalue weighted by atomic mass is 16.5. The molecular weight excluding hydrogens is 274 g/mol. The molecule has 2 rings (SSSR count). The molecule has 1 aliphatic heterocycles. The minimum Gasteiger partial charge on any atom is -0.481 e. The topological polar surface area (TPSA) is 106 Å². The van der Waals surface area contributed by atoms with E-state index in [-0.39, 0.29) is 18.3 Å². The summed E-state index contributed by atoms with van der Waals surface area (Å²) in [6.07, 6.45) is 0.825. The van der Waals surface area contributed by atoms with Gasteiger partial charge in [-0.2, -0.15) is 0 Å². The summed E-state index contributed by atoms with van der Waals surface area (Å²) in [6.45, 7) is 3.15. The number of primary amides is 1. The van der Waals surface area contributed by atoms with Crippen LogP contribution in [0.25, 0.3) is 0 Å². The molecule has 0 radical (unpaired) electrons. The molecule has 2 heterocycles. The number of hydrogen-bond donors (Lipinski definition) is 2. The van der Waals surface area contributed by atoms with Gasteiger partial charge in [0.25, 0.3) is 5.91 Å². The van der Waals surface area contributed by atoms with Crippen molar-refractivity contribution in [2.75, 3.05) is 24.7 Å². The highest BCUT2D eigenvalue weighted by Gasteiger charge is 2.38. The zero-order valence-electron chi connectivity index (χ0n) is 11.9. The molecule has 1 amide bonds. The van der Waals surface area contributed by atoms with Gasteiger partial charge in [0.2, 0.25) is 0 Å². The fourth-order valence-corrected chi connectivity index (χ4v) is 2.50. The lowest BCUT2D eigenvalue weighted by Crippen LogP contribution is -2.44. The highest BCUT2D eigenvalue weighted by molar-refractivity contribution is 5.91. The van der Waals surface area contributed by atoms with Crippen molar-refractivity contribution in [3.05, 3.63) is 23.9 Å². The van der Waals surface area contributed by atoms with Crippen LogP contribution < -0.4 is 10.6 Å². The standard InChI is InChI=1S/C14H19N3O4/c1-2-6-17(11-8-21-7-9(11)14(19)20)12-5-3-4-10(16-12)13(15)18/h3-5,9,11H,2,6-8H2,1H3,(H2,15,18)(H,19,20). The maximum atomic E-state index is 11.3. The Balaban J connectivity index is 2.32. The van der Waals surface area contributed by atoms with Crippen LogP contribution in [0.5, 0.6) is 0 Å². The average Bonchev–Trinajstić information content (AvgIpc) is 2.94. The predicted molar refractivity (Wildman–Crippen MR) is 76.1 cm³/mol. The SMILES string of the molecule is CCCN(c1cccc(C(N)=O)n1)C1COCC1C(=O)O. The van der Waals surface area contributed by atoms with Crippen LogP contribution >= 0.6 is 0 Å². The Kier molecular flexibility index (Phi) is 4.74. The van der Waals surface area contributed by atoms with Crippen LogP contribution in [0.1, 0.15) is 23.8 Å². The Hall–Kier alpha value is -2.15. The van der Waals surface area contributed by atoms with E-state index in [1.54, 1.807) is 12.1 Å². The predicted octanol–water partition coefficient (Wildman–Crippen LogP) is 0.496. The molecule has 0 saturated carbocycles. The van der Waals surface area contributed by atoms with Crippen molar-refractivity contribution in [3.63, 3.8) is 0 Å². The van der Waals surface area contributed by atoms with Crippen molar-refractivity contribution in [2.24, 2.45) is 11.7 Å². The Bertz CT molecular complexity index is 535. The van der Waals surface area contributed by atoms with Gasteiger partial charge in [-0.25, -0.2) is 4.98 Å². The van der Waals surface area contributed by atoms with E-state index in [2.05, 4.69) is 4.98 Å². The molecule has 0 aromatic carbocycles. The molecule has 21 heavy (non-hydrogen) atoms. The van der Waals surface area contributed by atoms with Gasteiger partial charge in [-0.05, 0) is 18.6 Å². The molecule has 0 bridgehead atoms. The van der Waals surface area contributed by atoms with Crippen molar-refractivity contribution in [3.8, 4) is 0 Å². The van der Waals surface area contributed by atoms with Gasteiger partial charge in [0.15, 0.2) is 0 Å². The molecule has 7 nitrogen and oxygen atoms in total. The third-order valence-electron chi connectivity index (χ3n) is 3.51. The van der Waals surface area contributed by atoms with Crippen molar-refractivity contribution >= 4 is 17.7 Å². The number of anilines is 1. The smallest absolute Gasteiger partial charge is 0.311 e. The summed E-state index contributed by atoms with van der Waals surface area (Å²) in [6, 6.07) is 4.68. The lowest BCUT2D eigenvalue weighted by molar-refractivity contribution is -0.142. The normalized spacial score (nSPS) is 21.2. The minimum absolute atomic E-state index is 0.166. The second-order valence-corrected chi connectivity index (χ2v) is 4.99. The third-order valence-corrected chi connectivity index (χ3v) is 3.51. The van der Waals surface area contributed by atoms with Gasteiger partial charge in [0.05, 0.1) is 19.3 Å². The summed E-state index contributed by atoms with van der Waals surface area (Å²) in [7, 11) is 0. The van der Waals surface area contributed by atoms with Crippen molar-refractivity contribution < 1.29 is 19.4 Å². The van der Waals surface area contributed by atoms with Crippen LogP contribution in [-0.2, 0) is 9.53 Å². The number of carbonyl (C=O) groups is 2. The van der Waals surface area contributed by atoms with E-state index in [1.807, 2.05) is 11.8 Å². The van der Waals surface area contributed by atoms with Crippen LogP contribution in [0, 0.1) is 5.92 Å². The molecule has 1 saturated heterocycles. The number of carboxylic acid groups (broad SMARTS) is 1. The number of pyridine rings is 1. The molecule has 2 atom stereocenters. The number of carboxylic acids is 1. The number of amides is 1. The first kappa shape index (κ1) is 15.2. The Morgan fingerprint density at radius 1 is 1.48 bits per heavy atom. The lowest BCUT2D eigenvalue weighted by Gasteiger charge is -2.31. The summed E-state index contributed by atoms with van der Waals surface area (Å²) in [5, 5.41) is 9.29. The van der Waals surface area contributed by atoms with Gasteiger partial charge in [-0.15, -0.1) is 0 Å². The van der Waals surface area contributed by atoms with E-state index in [0.717, 1.165) is 6.42 Å². The Morgan fingerprint density at radius 2 is 2.24 bits per heavy atom. The molecule has 0 aliphatic carbocycles. The lowest BCUT2D eigenvalue weighted by atomic mass is 10.0. The Morgan fingerprint density at radius 3 is 2.86 bits per heavy atom. The number of nitrogens with zero attached hydrogens (tertiary/aromatic N) is 2. The van der Waals surface area contributed by atoms with Gasteiger partial charge in [-0.1, -0.05) is 13.0 Å². The number of aromatic nitrogens is 1. The first-order chi connectivity index (χ1) is 10.0. The van der Waals surface area contributed by atoms with E-state index in [9.17, 15) is 14.7 Å². The maximum Gasteiger partial charge on any atom is 0.311 e. The van der Waals surface area contributed by atoms with Crippen LogP contribution in [0.15, 0.2) is 18.2 Å². The summed E-state index contributed by atoms with van der Waals surface area (Å²) in [4.78, 5) is 28.7. The molecular formula is C14H19N3O4. The van der Waals surface area contributed by atoms with Crippen molar-refractivity contribution in [1.29, 1.82) is 0 Å². The fourth-order valence-electron chi connectivity index (χ4n) is 2.50. The van der Waals surface area contributed by atoms with Gasteiger partial charge in [0, 0.05) is 6.54 Å². The summed E-state index contributed by atoms with van der Waals surface area (Å²) in [5.74, 6) is -1.54. The summed E-state index contributed by atoms with van der Waals surface area (Å²) in [5.41, 5.74) is 5.41. The van der Waals surface area contributed by atoms with Gasteiger partial charge < -0.3 is 20.5 Å². The zero-order chi connectivity index (χ0) is 15.4. The summed E-state index contributed by atoms with van der Waals surface area (Å²) >= 11 is 0. The van der Waals surface area contributed by atoms with Crippen LogP contribution in [-0.4, -0.2) is 47.8 Å². The van der Waals surface area contributed by atoms with Gasteiger partial charge in [0.1, 0.15) is 17.4 Å². The molecule has 1 aliphatic rings. The number of rotatable bonds is 6. The molecule has 3 N–H and O–H groups in total. The van der Waals surface area contributed by atoms with Gasteiger partial charge in [-0.3, -0.25) is 9.59 Å². The van der Waals surface area contributed by atoms with Crippen LogP contribution in [0.4, 0.5) is 5.82 Å². The number of aliphatic carboxylic acids is 1. The summed E-state index contributed by atoms with van der Waals surface area (Å²) < 4.78 is 5.32. The number of nitrogens with two attached hydrogens (primary N) is 1. The molecule has 1 aromatic rings. The average molecular weight is 293 g/mol. The number of ether oxygens (including phenoxy) is 1. The van der Waals surface area contributed by atoms with Gasteiger partial charge >= 0.3 is 5.97 Å². The molecule has 0 spiro atoms. The molecule has 1 fully saturated rings. The molecule has 1 aromatic heterocycles. The van der Waals surface area contributed by atoms with E-state index >= 15 is 0 Å². The van der Waals surface area contributed by atoms with E-state index in [1.165, 1.54) is 6.07 Å². The third kappa shape index (κ3) is 3.30. The van der Waals surface area contributed by atoms with Crippen molar-refractivity contribution in [2.45, 2.75) is 19.4 Å². The Labute approximate surface area is 122 Å². The monoisotopic (exact) mass is 293 g/mol. The fraction of sp³-hybridized carbons (Fsp3) is 0.500. The highest BCUT2D eigenvalue weighted by Crippen LogP contribution is 2.25. The first-order valence-electron chi connectivity index (χ1n) is 6.88. The molecule has 7 heteroatoms. The maximum absolute atomic E-state index is 11.3. The van der Waals surface area contributed by atoms with Crippen molar-refractivity contribution in [1.82, 2.24) is 4.98 Å². The van der Waals surface area contributed by atoms with Crippen LogP contribution in [0.3, 0.4) is 0 Å².